The van der Waals surface area contributed by atoms with E-state index in [0.717, 1.165) is 30.5 Å². The van der Waals surface area contributed by atoms with E-state index in [4.69, 9.17) is 5.73 Å². The van der Waals surface area contributed by atoms with Gasteiger partial charge in [0.15, 0.2) is 0 Å². The molecule has 0 radical (unpaired) electrons. The molecule has 21 heavy (non-hydrogen) atoms. The molecule has 1 aromatic carbocycles. The Kier molecular flexibility index (Phi) is 5.11. The number of amides is 1. The standard InChI is InChI=1S/C16H22N4O/c1-3-20(4-2)10-9-18-16(21)15-7-5-12-11-13(17)6-8-14(12)19-15/h5-8,11H,3-4,9-10,17H2,1-2H3,(H,18,21). The molecule has 5 nitrogen and oxygen atoms in total. The molecule has 0 unspecified atom stereocenters. The summed E-state index contributed by atoms with van der Waals surface area (Å²) in [5.41, 5.74) is 7.64. The van der Waals surface area contributed by atoms with Gasteiger partial charge in [0.2, 0.25) is 0 Å². The lowest BCUT2D eigenvalue weighted by molar-refractivity contribution is 0.0944. The number of rotatable bonds is 6. The second kappa shape index (κ2) is 7.04. The molecule has 1 aromatic heterocycles. The van der Waals surface area contributed by atoms with Gasteiger partial charge >= 0.3 is 0 Å². The molecule has 2 rings (SSSR count). The van der Waals surface area contributed by atoms with Crippen LogP contribution in [-0.2, 0) is 0 Å². The van der Waals surface area contributed by atoms with Gasteiger partial charge in [-0.2, -0.15) is 0 Å². The van der Waals surface area contributed by atoms with Gasteiger partial charge < -0.3 is 16.0 Å². The highest BCUT2D eigenvalue weighted by molar-refractivity contribution is 5.95. The lowest BCUT2D eigenvalue weighted by Gasteiger charge is -2.17. The number of hydrogen-bond acceptors (Lipinski definition) is 4. The van der Waals surface area contributed by atoms with Gasteiger partial charge in [0.25, 0.3) is 5.91 Å². The maximum atomic E-state index is 12.1. The first-order valence-corrected chi connectivity index (χ1v) is 7.31. The van der Waals surface area contributed by atoms with E-state index in [9.17, 15) is 4.79 Å². The third-order valence-corrected chi connectivity index (χ3v) is 3.55. The fourth-order valence-corrected chi connectivity index (χ4v) is 2.23. The topological polar surface area (TPSA) is 71.2 Å². The summed E-state index contributed by atoms with van der Waals surface area (Å²) in [5.74, 6) is -0.138. The number of nitrogens with two attached hydrogens (primary N) is 1. The van der Waals surface area contributed by atoms with Gasteiger partial charge in [0.05, 0.1) is 5.52 Å². The van der Waals surface area contributed by atoms with Gasteiger partial charge in [-0.05, 0) is 37.4 Å². The van der Waals surface area contributed by atoms with E-state index < -0.39 is 0 Å². The number of carbonyl (C=O) groups excluding carboxylic acids is 1. The number of aromatic nitrogens is 1. The number of nitrogen functional groups attached to an aromatic ring is 1. The number of pyridine rings is 1. The Bertz CT molecular complexity index is 623. The minimum absolute atomic E-state index is 0.138. The molecular weight excluding hydrogens is 264 g/mol. The van der Waals surface area contributed by atoms with Crippen LogP contribution in [-0.4, -0.2) is 42.0 Å². The van der Waals surface area contributed by atoms with Crippen molar-refractivity contribution in [2.45, 2.75) is 13.8 Å². The summed E-state index contributed by atoms with van der Waals surface area (Å²) < 4.78 is 0. The number of nitrogens with one attached hydrogen (secondary N) is 1. The number of fused-ring (bicyclic) bond motifs is 1. The first kappa shape index (κ1) is 15.3. The Morgan fingerprint density at radius 3 is 2.71 bits per heavy atom. The first-order valence-electron chi connectivity index (χ1n) is 7.31. The summed E-state index contributed by atoms with van der Waals surface area (Å²) in [5, 5.41) is 3.85. The molecule has 2 aromatic rings. The van der Waals surface area contributed by atoms with Crippen molar-refractivity contribution in [3.8, 4) is 0 Å². The molecular formula is C16H22N4O. The van der Waals surface area contributed by atoms with Crippen molar-refractivity contribution in [1.29, 1.82) is 0 Å². The molecule has 0 spiro atoms. The van der Waals surface area contributed by atoms with Crippen LogP contribution in [0, 0.1) is 0 Å². The van der Waals surface area contributed by atoms with Crippen LogP contribution in [0.25, 0.3) is 10.9 Å². The highest BCUT2D eigenvalue weighted by Gasteiger charge is 2.08. The second-order valence-corrected chi connectivity index (χ2v) is 4.93. The largest absolute Gasteiger partial charge is 0.399 e. The number of nitrogens with zero attached hydrogens (tertiary/aromatic N) is 2. The van der Waals surface area contributed by atoms with Gasteiger partial charge in [0.1, 0.15) is 5.69 Å². The molecule has 3 N–H and O–H groups in total. The van der Waals surface area contributed by atoms with Crippen molar-refractivity contribution < 1.29 is 4.79 Å². The Hall–Kier alpha value is -2.14. The molecule has 1 amide bonds. The molecule has 0 aliphatic heterocycles. The van der Waals surface area contributed by atoms with Crippen molar-refractivity contribution in [2.24, 2.45) is 0 Å². The normalized spacial score (nSPS) is 11.0. The summed E-state index contributed by atoms with van der Waals surface area (Å²) in [6.45, 7) is 7.68. The smallest absolute Gasteiger partial charge is 0.269 e. The minimum Gasteiger partial charge on any atom is -0.399 e. The molecule has 112 valence electrons. The average molecular weight is 286 g/mol. The fraction of sp³-hybridized carbons (Fsp3) is 0.375. The van der Waals surface area contributed by atoms with Crippen LogP contribution in [0.2, 0.25) is 0 Å². The molecule has 0 bridgehead atoms. The van der Waals surface area contributed by atoms with Crippen LogP contribution in [0.5, 0.6) is 0 Å². The Morgan fingerprint density at radius 1 is 1.24 bits per heavy atom. The molecule has 0 atom stereocenters. The number of hydrogen-bond donors (Lipinski definition) is 2. The predicted molar refractivity (Wildman–Crippen MR) is 86.3 cm³/mol. The molecule has 0 saturated heterocycles. The van der Waals surface area contributed by atoms with Crippen molar-refractivity contribution in [2.75, 3.05) is 31.9 Å². The molecule has 0 aliphatic carbocycles. The lowest BCUT2D eigenvalue weighted by Crippen LogP contribution is -2.35. The summed E-state index contributed by atoms with van der Waals surface area (Å²) in [7, 11) is 0. The van der Waals surface area contributed by atoms with Crippen LogP contribution < -0.4 is 11.1 Å². The van der Waals surface area contributed by atoms with Gasteiger partial charge in [-0.15, -0.1) is 0 Å². The quantitative estimate of drug-likeness (QED) is 0.796. The van der Waals surface area contributed by atoms with E-state index in [1.54, 1.807) is 12.1 Å². The van der Waals surface area contributed by atoms with Crippen LogP contribution in [0.1, 0.15) is 24.3 Å². The highest BCUT2D eigenvalue weighted by atomic mass is 16.1. The number of anilines is 1. The molecule has 0 saturated carbocycles. The monoisotopic (exact) mass is 286 g/mol. The van der Waals surface area contributed by atoms with E-state index in [1.165, 1.54) is 0 Å². The third-order valence-electron chi connectivity index (χ3n) is 3.55. The van der Waals surface area contributed by atoms with Crippen molar-refractivity contribution in [3.63, 3.8) is 0 Å². The van der Waals surface area contributed by atoms with Crippen molar-refractivity contribution in [1.82, 2.24) is 15.2 Å². The number of carbonyl (C=O) groups is 1. The maximum Gasteiger partial charge on any atom is 0.269 e. The van der Waals surface area contributed by atoms with E-state index >= 15 is 0 Å². The molecule has 1 heterocycles. The van der Waals surface area contributed by atoms with Crippen LogP contribution in [0.4, 0.5) is 5.69 Å². The van der Waals surface area contributed by atoms with Gasteiger partial charge in [0, 0.05) is 24.2 Å². The van der Waals surface area contributed by atoms with E-state index in [-0.39, 0.29) is 5.91 Å². The number of benzene rings is 1. The average Bonchev–Trinajstić information content (AvgIpc) is 2.50. The highest BCUT2D eigenvalue weighted by Crippen LogP contribution is 2.15. The van der Waals surface area contributed by atoms with Crippen molar-refractivity contribution >= 4 is 22.5 Å². The van der Waals surface area contributed by atoms with Crippen LogP contribution >= 0.6 is 0 Å². The van der Waals surface area contributed by atoms with E-state index in [0.29, 0.717) is 17.9 Å². The SMILES string of the molecule is CCN(CC)CCNC(=O)c1ccc2cc(N)ccc2n1. The zero-order valence-electron chi connectivity index (χ0n) is 12.6. The molecule has 5 heteroatoms. The zero-order chi connectivity index (χ0) is 15.2. The Balaban J connectivity index is 2.01. The summed E-state index contributed by atoms with van der Waals surface area (Å²) in [6.07, 6.45) is 0. The van der Waals surface area contributed by atoms with Gasteiger partial charge in [-0.25, -0.2) is 4.98 Å². The van der Waals surface area contributed by atoms with Crippen LogP contribution in [0.15, 0.2) is 30.3 Å². The van der Waals surface area contributed by atoms with Gasteiger partial charge in [-0.3, -0.25) is 4.79 Å². The Labute approximate surface area is 125 Å². The Morgan fingerprint density at radius 2 is 2.00 bits per heavy atom. The van der Waals surface area contributed by atoms with E-state index in [2.05, 4.69) is 29.0 Å². The maximum absolute atomic E-state index is 12.1. The first-order chi connectivity index (χ1) is 10.1. The minimum atomic E-state index is -0.138. The third kappa shape index (κ3) is 3.92. The zero-order valence-corrected chi connectivity index (χ0v) is 12.6. The summed E-state index contributed by atoms with van der Waals surface area (Å²) >= 11 is 0. The molecule has 0 aliphatic rings. The van der Waals surface area contributed by atoms with Gasteiger partial charge in [-0.1, -0.05) is 19.9 Å². The van der Waals surface area contributed by atoms with E-state index in [1.807, 2.05) is 18.2 Å². The number of likely N-dealkylation sites (N-methyl/N-ethyl adjacent to an activating group) is 1. The second-order valence-electron chi connectivity index (χ2n) is 4.93. The van der Waals surface area contributed by atoms with Crippen LogP contribution in [0.3, 0.4) is 0 Å². The summed E-state index contributed by atoms with van der Waals surface area (Å²) in [4.78, 5) is 18.7. The van der Waals surface area contributed by atoms with Crippen molar-refractivity contribution in [3.05, 3.63) is 36.0 Å². The predicted octanol–water partition coefficient (Wildman–Crippen LogP) is 1.89. The fourth-order valence-electron chi connectivity index (χ4n) is 2.23. The summed E-state index contributed by atoms with van der Waals surface area (Å²) in [6, 6.07) is 9.08. The molecule has 0 fully saturated rings. The lowest BCUT2D eigenvalue weighted by atomic mass is 10.2.